The molecule has 1 aliphatic heterocycles. The standard InChI is InChI=1S/C13H16ClF3N4O2/c14-12-19-7-9(13(15,16)17)11(20-12)18-3-1-4-21-5-2-6-23-8-10(21)22/h7H,1-6,8H2,(H,18,19,20). The van der Waals surface area contributed by atoms with Crippen LogP contribution in [0.15, 0.2) is 6.20 Å². The summed E-state index contributed by atoms with van der Waals surface area (Å²) in [5.41, 5.74) is -0.971. The van der Waals surface area contributed by atoms with E-state index in [1.807, 2.05) is 0 Å². The van der Waals surface area contributed by atoms with Gasteiger partial charge in [-0.25, -0.2) is 9.97 Å². The Morgan fingerprint density at radius 2 is 2.22 bits per heavy atom. The van der Waals surface area contributed by atoms with E-state index in [9.17, 15) is 18.0 Å². The number of ether oxygens (including phenoxy) is 1. The lowest BCUT2D eigenvalue weighted by Crippen LogP contribution is -2.34. The van der Waals surface area contributed by atoms with Crippen molar-refractivity contribution in [2.45, 2.75) is 19.0 Å². The number of nitrogens with one attached hydrogen (secondary N) is 1. The molecule has 1 aromatic rings. The number of hydrogen-bond donors (Lipinski definition) is 1. The van der Waals surface area contributed by atoms with E-state index >= 15 is 0 Å². The van der Waals surface area contributed by atoms with Crippen molar-refractivity contribution in [3.63, 3.8) is 0 Å². The topological polar surface area (TPSA) is 67.3 Å². The summed E-state index contributed by atoms with van der Waals surface area (Å²) < 4.78 is 43.7. The van der Waals surface area contributed by atoms with Gasteiger partial charge in [0.05, 0.1) is 0 Å². The lowest BCUT2D eigenvalue weighted by molar-refractivity contribution is -0.137. The fourth-order valence-corrected chi connectivity index (χ4v) is 2.28. The Hall–Kier alpha value is -1.61. The monoisotopic (exact) mass is 352 g/mol. The molecule has 1 aromatic heterocycles. The van der Waals surface area contributed by atoms with Crippen molar-refractivity contribution in [2.75, 3.05) is 38.2 Å². The minimum absolute atomic E-state index is 0.0488. The smallest absolute Gasteiger partial charge is 0.372 e. The molecule has 1 aliphatic rings. The zero-order chi connectivity index (χ0) is 16.9. The van der Waals surface area contributed by atoms with Crippen LogP contribution in [0.2, 0.25) is 5.28 Å². The third kappa shape index (κ3) is 5.21. The minimum Gasteiger partial charge on any atom is -0.372 e. The van der Waals surface area contributed by atoms with E-state index in [-0.39, 0.29) is 30.2 Å². The molecule has 1 N–H and O–H groups in total. The minimum atomic E-state index is -4.56. The van der Waals surface area contributed by atoms with Crippen molar-refractivity contribution in [3.8, 4) is 0 Å². The van der Waals surface area contributed by atoms with Gasteiger partial charge in [0.25, 0.3) is 0 Å². The third-order valence-electron chi connectivity index (χ3n) is 3.26. The van der Waals surface area contributed by atoms with Crippen LogP contribution < -0.4 is 5.32 Å². The highest BCUT2D eigenvalue weighted by Crippen LogP contribution is 2.33. The number of nitrogens with zero attached hydrogens (tertiary/aromatic N) is 3. The van der Waals surface area contributed by atoms with Gasteiger partial charge in [-0.2, -0.15) is 13.2 Å². The number of carbonyl (C=O) groups is 1. The molecule has 2 rings (SSSR count). The maximum absolute atomic E-state index is 12.8. The maximum Gasteiger partial charge on any atom is 0.421 e. The van der Waals surface area contributed by atoms with Crippen LogP contribution >= 0.6 is 11.6 Å². The summed E-state index contributed by atoms with van der Waals surface area (Å²) in [5.74, 6) is -0.466. The Morgan fingerprint density at radius 3 is 2.96 bits per heavy atom. The third-order valence-corrected chi connectivity index (χ3v) is 3.44. The summed E-state index contributed by atoms with van der Waals surface area (Å²) in [6.45, 7) is 1.84. The first-order valence-corrected chi connectivity index (χ1v) is 7.45. The van der Waals surface area contributed by atoms with Crippen LogP contribution in [0.1, 0.15) is 18.4 Å². The number of amides is 1. The molecule has 0 unspecified atom stereocenters. The van der Waals surface area contributed by atoms with Gasteiger partial charge >= 0.3 is 6.18 Å². The van der Waals surface area contributed by atoms with E-state index in [1.165, 1.54) is 0 Å². The molecule has 0 spiro atoms. The maximum atomic E-state index is 12.8. The molecule has 0 saturated carbocycles. The van der Waals surface area contributed by atoms with Crippen LogP contribution in [0, 0.1) is 0 Å². The van der Waals surface area contributed by atoms with E-state index in [0.717, 1.165) is 6.42 Å². The Kier molecular flexibility index (Phi) is 6.00. The van der Waals surface area contributed by atoms with E-state index < -0.39 is 11.7 Å². The SMILES string of the molecule is O=C1COCCCN1CCCNc1nc(Cl)ncc1C(F)(F)F. The van der Waals surface area contributed by atoms with Gasteiger partial charge in [-0.1, -0.05) is 0 Å². The van der Waals surface area contributed by atoms with E-state index in [1.54, 1.807) is 4.90 Å². The summed E-state index contributed by atoms with van der Waals surface area (Å²) in [5, 5.41) is 2.34. The van der Waals surface area contributed by atoms with Crippen molar-refractivity contribution in [2.24, 2.45) is 0 Å². The van der Waals surface area contributed by atoms with Crippen LogP contribution in [-0.2, 0) is 15.7 Å². The number of hydrogen-bond acceptors (Lipinski definition) is 5. The molecule has 0 aliphatic carbocycles. The number of rotatable bonds is 5. The van der Waals surface area contributed by atoms with Gasteiger partial charge in [0.1, 0.15) is 18.0 Å². The normalized spacial score (nSPS) is 16.3. The fourth-order valence-electron chi connectivity index (χ4n) is 2.15. The molecule has 23 heavy (non-hydrogen) atoms. The number of halogens is 4. The molecule has 1 amide bonds. The Balaban J connectivity index is 1.89. The Morgan fingerprint density at radius 1 is 1.43 bits per heavy atom. The number of anilines is 1. The molecular weight excluding hydrogens is 337 g/mol. The molecule has 1 saturated heterocycles. The number of aromatic nitrogens is 2. The zero-order valence-corrected chi connectivity index (χ0v) is 13.0. The number of alkyl halides is 3. The molecular formula is C13H16ClF3N4O2. The van der Waals surface area contributed by atoms with Gasteiger partial charge in [0, 0.05) is 32.4 Å². The molecule has 6 nitrogen and oxygen atoms in total. The molecule has 0 radical (unpaired) electrons. The zero-order valence-electron chi connectivity index (χ0n) is 12.2. The Labute approximate surface area is 136 Å². The van der Waals surface area contributed by atoms with Gasteiger partial charge in [0.2, 0.25) is 11.2 Å². The quantitative estimate of drug-likeness (QED) is 0.650. The van der Waals surface area contributed by atoms with Gasteiger partial charge in [0.15, 0.2) is 0 Å². The van der Waals surface area contributed by atoms with E-state index in [4.69, 9.17) is 16.3 Å². The lowest BCUT2D eigenvalue weighted by Gasteiger charge is -2.20. The summed E-state index contributed by atoms with van der Waals surface area (Å²) in [7, 11) is 0. The second-order valence-corrected chi connectivity index (χ2v) is 5.30. The second kappa shape index (κ2) is 7.78. The predicted molar refractivity (Wildman–Crippen MR) is 77.2 cm³/mol. The van der Waals surface area contributed by atoms with Gasteiger partial charge < -0.3 is 15.0 Å². The molecule has 0 bridgehead atoms. The highest BCUT2D eigenvalue weighted by Gasteiger charge is 2.35. The first-order valence-electron chi connectivity index (χ1n) is 7.07. The largest absolute Gasteiger partial charge is 0.421 e. The fraction of sp³-hybridized carbons (Fsp3) is 0.615. The van der Waals surface area contributed by atoms with Crippen molar-refractivity contribution in [3.05, 3.63) is 17.0 Å². The van der Waals surface area contributed by atoms with Crippen LogP contribution in [0.3, 0.4) is 0 Å². The highest BCUT2D eigenvalue weighted by molar-refractivity contribution is 6.28. The average Bonchev–Trinajstić information content (AvgIpc) is 2.67. The van der Waals surface area contributed by atoms with Crippen LogP contribution in [0.25, 0.3) is 0 Å². The molecule has 0 atom stereocenters. The summed E-state index contributed by atoms with van der Waals surface area (Å²) >= 11 is 5.54. The average molecular weight is 353 g/mol. The van der Waals surface area contributed by atoms with Gasteiger partial charge in [-0.3, -0.25) is 4.79 Å². The molecule has 10 heteroatoms. The summed E-state index contributed by atoms with van der Waals surface area (Å²) in [6.07, 6.45) is -2.69. The van der Waals surface area contributed by atoms with Crippen molar-refractivity contribution >= 4 is 23.3 Å². The summed E-state index contributed by atoms with van der Waals surface area (Å²) in [4.78, 5) is 20.3. The van der Waals surface area contributed by atoms with E-state index in [2.05, 4.69) is 15.3 Å². The Bertz CT molecular complexity index is 557. The molecule has 0 aromatic carbocycles. The van der Waals surface area contributed by atoms with Crippen molar-refractivity contribution in [1.29, 1.82) is 0 Å². The van der Waals surface area contributed by atoms with E-state index in [0.29, 0.717) is 32.3 Å². The lowest BCUT2D eigenvalue weighted by atomic mass is 10.3. The van der Waals surface area contributed by atoms with Gasteiger partial charge in [-0.15, -0.1) is 0 Å². The van der Waals surface area contributed by atoms with Crippen LogP contribution in [-0.4, -0.2) is 53.6 Å². The highest BCUT2D eigenvalue weighted by atomic mass is 35.5. The molecule has 1 fully saturated rings. The van der Waals surface area contributed by atoms with Crippen molar-refractivity contribution in [1.82, 2.24) is 14.9 Å². The molecule has 2 heterocycles. The van der Waals surface area contributed by atoms with Crippen molar-refractivity contribution < 1.29 is 22.7 Å². The first-order chi connectivity index (χ1) is 10.9. The molecule has 128 valence electrons. The number of carbonyl (C=O) groups excluding carboxylic acids is 1. The first kappa shape index (κ1) is 17.7. The van der Waals surface area contributed by atoms with Gasteiger partial charge in [-0.05, 0) is 24.4 Å². The van der Waals surface area contributed by atoms with Crippen LogP contribution in [0.4, 0.5) is 19.0 Å². The second-order valence-electron chi connectivity index (χ2n) is 4.97. The predicted octanol–water partition coefficient (Wildman–Crippen LogP) is 2.20. The summed E-state index contributed by atoms with van der Waals surface area (Å²) in [6, 6.07) is 0. The van der Waals surface area contributed by atoms with Crippen LogP contribution in [0.5, 0.6) is 0 Å².